The Labute approximate surface area is 477 Å². The number of likely N-dealkylation sites (tertiary alicyclic amines) is 1. The van der Waals surface area contributed by atoms with Crippen molar-refractivity contribution in [2.75, 3.05) is 50.8 Å². The normalized spacial score (nSPS) is 15.4. The van der Waals surface area contributed by atoms with Gasteiger partial charge in [0.25, 0.3) is 0 Å². The summed E-state index contributed by atoms with van der Waals surface area (Å²) in [7, 11) is 0. The molecule has 2 aromatic rings. The van der Waals surface area contributed by atoms with Gasteiger partial charge in [-0.1, -0.05) is 24.6 Å². The topological polar surface area (TPSA) is 524 Å². The largest absolute Gasteiger partial charge is 0.481 e. The lowest BCUT2D eigenvalue weighted by molar-refractivity contribution is -0.144. The number of thiol groups is 2. The number of para-hydroxylation sites is 1. The molecule has 33 heteroatoms. The summed E-state index contributed by atoms with van der Waals surface area (Å²) in [5.74, 6) is -11.6. The van der Waals surface area contributed by atoms with E-state index in [1.54, 1.807) is 30.5 Å². The van der Waals surface area contributed by atoms with Gasteiger partial charge in [0.05, 0.1) is 25.6 Å². The van der Waals surface area contributed by atoms with Gasteiger partial charge in [-0.2, -0.15) is 25.3 Å². The average molecular weight is 1180 g/mol. The summed E-state index contributed by atoms with van der Waals surface area (Å²) in [5, 5.41) is 39.6. The molecule has 0 aliphatic carbocycles. The van der Waals surface area contributed by atoms with Crippen molar-refractivity contribution in [3.63, 3.8) is 0 Å². The van der Waals surface area contributed by atoms with E-state index in [-0.39, 0.29) is 81.6 Å². The third kappa shape index (κ3) is 23.4. The number of aliphatic imine (C=N–C) groups is 2. The second-order valence-electron chi connectivity index (χ2n) is 18.8. The van der Waals surface area contributed by atoms with Crippen molar-refractivity contribution in [1.29, 1.82) is 0 Å². The highest BCUT2D eigenvalue weighted by atomic mass is 32.1. The number of carbonyl (C=O) groups excluding carboxylic acids is 9. The molecular formula is C48H76N18O13S2. The third-order valence-corrected chi connectivity index (χ3v) is 13.3. The number of aromatic amines is 1. The van der Waals surface area contributed by atoms with Crippen molar-refractivity contribution in [3.8, 4) is 0 Å². The first kappa shape index (κ1) is 67.4. The summed E-state index contributed by atoms with van der Waals surface area (Å²) in [5.41, 5.74) is 34.1. The van der Waals surface area contributed by atoms with Crippen molar-refractivity contribution >= 4 is 113 Å². The molecule has 31 nitrogen and oxygen atoms in total. The van der Waals surface area contributed by atoms with E-state index < -0.39 is 133 Å². The number of nitrogens with one attached hydrogen (secondary N) is 9. The number of hydrogen-bond donors (Lipinski definition) is 19. The lowest BCUT2D eigenvalue weighted by Crippen LogP contribution is -2.59. The number of carboxylic acids is 2. The predicted octanol–water partition coefficient (Wildman–Crippen LogP) is -6.18. The molecule has 1 aromatic carbocycles. The number of rotatable bonds is 36. The van der Waals surface area contributed by atoms with Crippen LogP contribution in [0.2, 0.25) is 0 Å². The van der Waals surface area contributed by atoms with Crippen LogP contribution in [0.5, 0.6) is 0 Å². The number of aromatic nitrogens is 1. The van der Waals surface area contributed by atoms with Crippen LogP contribution in [0.25, 0.3) is 10.9 Å². The smallest absolute Gasteiger partial charge is 0.326 e. The summed E-state index contributed by atoms with van der Waals surface area (Å²) in [6, 6.07) is -3.71. The van der Waals surface area contributed by atoms with Gasteiger partial charge in [0, 0.05) is 54.7 Å². The summed E-state index contributed by atoms with van der Waals surface area (Å²) < 4.78 is 0. The predicted molar refractivity (Wildman–Crippen MR) is 303 cm³/mol. The number of unbranched alkanes of at least 4 members (excludes halogenated alkanes) is 1. The van der Waals surface area contributed by atoms with E-state index in [0.717, 1.165) is 0 Å². The van der Waals surface area contributed by atoms with Gasteiger partial charge in [0.15, 0.2) is 11.9 Å². The highest BCUT2D eigenvalue weighted by molar-refractivity contribution is 7.80. The van der Waals surface area contributed by atoms with Crippen LogP contribution in [-0.4, -0.2) is 196 Å². The van der Waals surface area contributed by atoms with Gasteiger partial charge in [-0.3, -0.25) is 57.9 Å². The number of fused-ring (bicyclic) bond motifs is 1. The van der Waals surface area contributed by atoms with Crippen molar-refractivity contribution in [1.82, 2.24) is 52.4 Å². The Morgan fingerprint density at radius 3 is 1.78 bits per heavy atom. The minimum Gasteiger partial charge on any atom is -0.481 e. The summed E-state index contributed by atoms with van der Waals surface area (Å²) >= 11 is 8.31. The Morgan fingerprint density at radius 1 is 0.654 bits per heavy atom. The highest BCUT2D eigenvalue weighted by Crippen LogP contribution is 2.23. The van der Waals surface area contributed by atoms with E-state index in [4.69, 9.17) is 34.4 Å². The molecule has 1 aromatic heterocycles. The van der Waals surface area contributed by atoms with Crippen LogP contribution in [0, 0.1) is 0 Å². The number of amides is 9. The van der Waals surface area contributed by atoms with Crippen LogP contribution in [0.15, 0.2) is 40.4 Å². The number of benzene rings is 1. The van der Waals surface area contributed by atoms with Gasteiger partial charge in [-0.15, -0.1) is 0 Å². The van der Waals surface area contributed by atoms with Crippen molar-refractivity contribution in [2.24, 2.45) is 44.4 Å². The molecular weight excluding hydrogens is 1100 g/mol. The van der Waals surface area contributed by atoms with Crippen LogP contribution in [0.3, 0.4) is 0 Å². The molecule has 0 radical (unpaired) electrons. The summed E-state index contributed by atoms with van der Waals surface area (Å²) in [6.07, 6.45) is 2.52. The maximum absolute atomic E-state index is 14.7. The zero-order chi connectivity index (χ0) is 60.2. The van der Waals surface area contributed by atoms with E-state index in [1.165, 1.54) is 4.90 Å². The Hall–Kier alpha value is -7.91. The number of H-pyrrole nitrogens is 1. The van der Waals surface area contributed by atoms with Crippen molar-refractivity contribution < 1.29 is 63.0 Å². The van der Waals surface area contributed by atoms with Gasteiger partial charge in [-0.05, 0) is 69.5 Å². The standard InChI is InChI=1S/C48H76N18O13S2/c49-14-4-3-9-27(50)39(71)64-33(23-80)41(73)59-21-36(67)60-29(11-5-15-55-47(51)52)40(72)58-22-37(68)61-31(19-38(69)70)42(74)63-32(18-25-20-57-28-10-2-1-8-26(25)28)45(77)66-17-7-13-35(66)44(76)65-34(24-81)43(75)62-30(46(78)79)12-6-16-56-48(53)54/h1-2,8,10,20,27,29-35,57,80-81H,3-7,9,11-19,21-24,49-50H2,(H,58,72)(H,59,73)(H,60,67)(H,61,68)(H,62,75)(H,63,74)(H,64,71)(H,65,76)(H,69,70)(H,78,79)(H4,51,52,55)(H4,53,54,56)/t27-,29-,30-,31-,32-,33-,34-,35-/m0/s1. The Morgan fingerprint density at radius 2 is 1.20 bits per heavy atom. The highest BCUT2D eigenvalue weighted by Gasteiger charge is 2.40. The molecule has 81 heavy (non-hydrogen) atoms. The van der Waals surface area contributed by atoms with Gasteiger partial charge < -0.3 is 97.0 Å². The summed E-state index contributed by atoms with van der Waals surface area (Å²) in [4.78, 5) is 158. The van der Waals surface area contributed by atoms with Crippen LogP contribution < -0.4 is 76.9 Å². The molecule has 1 saturated heterocycles. The first-order valence-corrected chi connectivity index (χ1v) is 27.2. The van der Waals surface area contributed by atoms with Crippen LogP contribution in [0.1, 0.15) is 69.8 Å². The molecule has 0 bridgehead atoms. The van der Waals surface area contributed by atoms with Crippen LogP contribution in [-0.2, 0) is 59.2 Å². The minimum atomic E-state index is -1.85. The monoisotopic (exact) mass is 1180 g/mol. The molecule has 1 aliphatic rings. The first-order chi connectivity index (χ1) is 38.5. The molecule has 448 valence electrons. The molecule has 0 saturated carbocycles. The van der Waals surface area contributed by atoms with E-state index in [1.807, 2.05) is 0 Å². The SMILES string of the molecule is NCCCC[C@H](N)C(=O)N[C@@H](CS)C(=O)NCC(=O)N[C@@H](CCCN=C(N)N)C(=O)NCC(=O)N[C@@H](CC(=O)O)C(=O)N[C@@H](Cc1c[nH]c2ccccc12)C(=O)N1CCC[C@H]1C(=O)N[C@@H](CS)C(=O)N[C@@H](CCCN=C(N)N)C(=O)O. The van der Waals surface area contributed by atoms with Crippen LogP contribution >= 0.6 is 25.3 Å². The fourth-order valence-corrected chi connectivity index (χ4v) is 8.85. The number of carboxylic acid groups (broad SMARTS) is 2. The lowest BCUT2D eigenvalue weighted by Gasteiger charge is -2.30. The van der Waals surface area contributed by atoms with E-state index >= 15 is 0 Å². The Kier molecular flexibility index (Phi) is 29.1. The Balaban J connectivity index is 1.77. The van der Waals surface area contributed by atoms with Gasteiger partial charge in [0.2, 0.25) is 53.2 Å². The number of nitrogens with zero attached hydrogens (tertiary/aromatic N) is 3. The van der Waals surface area contributed by atoms with Crippen molar-refractivity contribution in [3.05, 3.63) is 36.0 Å². The fourth-order valence-electron chi connectivity index (χ4n) is 8.33. The molecule has 1 fully saturated rings. The van der Waals surface area contributed by atoms with Gasteiger partial charge >= 0.3 is 11.9 Å². The zero-order valence-electron chi connectivity index (χ0n) is 44.5. The second kappa shape index (κ2) is 35.0. The molecule has 0 spiro atoms. The molecule has 23 N–H and O–H groups in total. The number of guanidine groups is 2. The quantitative estimate of drug-likeness (QED) is 0.0131. The fraction of sp³-hybridized carbons (Fsp3) is 0.562. The zero-order valence-corrected chi connectivity index (χ0v) is 46.3. The van der Waals surface area contributed by atoms with Gasteiger partial charge in [-0.25, -0.2) is 4.79 Å². The number of nitrogens with two attached hydrogens (primary N) is 6. The minimum absolute atomic E-state index is 0.00740. The van der Waals surface area contributed by atoms with Gasteiger partial charge in [0.1, 0.15) is 42.3 Å². The van der Waals surface area contributed by atoms with E-state index in [0.29, 0.717) is 48.7 Å². The molecule has 8 atom stereocenters. The van der Waals surface area contributed by atoms with Crippen molar-refractivity contribution in [2.45, 2.75) is 119 Å². The number of carbonyl (C=O) groups is 11. The molecule has 0 unspecified atom stereocenters. The second-order valence-corrected chi connectivity index (χ2v) is 19.5. The number of aliphatic carboxylic acids is 2. The molecule has 2 heterocycles. The molecule has 1 aliphatic heterocycles. The molecule has 9 amide bonds. The van der Waals surface area contributed by atoms with E-state index in [2.05, 4.69) is 82.8 Å². The maximum Gasteiger partial charge on any atom is 0.326 e. The summed E-state index contributed by atoms with van der Waals surface area (Å²) in [6.45, 7) is -0.990. The van der Waals surface area contributed by atoms with Crippen LogP contribution in [0.4, 0.5) is 0 Å². The first-order valence-electron chi connectivity index (χ1n) is 25.9. The third-order valence-electron chi connectivity index (χ3n) is 12.5. The van der Waals surface area contributed by atoms with E-state index in [9.17, 15) is 63.0 Å². The Bertz CT molecular complexity index is 2580. The average Bonchev–Trinajstić information content (AvgIpc) is 4.21. The number of hydrogen-bond acceptors (Lipinski definition) is 17. The lowest BCUT2D eigenvalue weighted by atomic mass is 10.0. The molecule has 3 rings (SSSR count). The maximum atomic E-state index is 14.7.